The largest absolute Gasteiger partial charge is 0.459 e. The predicted molar refractivity (Wildman–Crippen MR) is 148 cm³/mol. The maximum absolute atomic E-state index is 13.8. The summed E-state index contributed by atoms with van der Waals surface area (Å²) < 4.78 is 45.7. The molecule has 0 aromatic carbocycles. The fourth-order valence-corrected chi connectivity index (χ4v) is 5.17. The number of allylic oxidation sites excluding steroid dienone is 1. The number of thiophene rings is 1. The molecule has 3 heterocycles. The quantitative estimate of drug-likeness (QED) is 0.365. The van der Waals surface area contributed by atoms with Gasteiger partial charge < -0.3 is 47.9 Å². The van der Waals surface area contributed by atoms with Crippen molar-refractivity contribution in [1.29, 1.82) is 0 Å². The molecule has 12 heteroatoms. The van der Waals surface area contributed by atoms with Crippen molar-refractivity contribution in [2.45, 2.75) is 25.6 Å². The normalized spacial score (nSPS) is 24.0. The summed E-state index contributed by atoms with van der Waals surface area (Å²) in [5.74, 6) is -0.0625. The van der Waals surface area contributed by atoms with Gasteiger partial charge in [-0.05, 0) is 41.8 Å². The lowest BCUT2D eigenvalue weighted by Gasteiger charge is -2.37. The van der Waals surface area contributed by atoms with Gasteiger partial charge in [0.05, 0.1) is 79.3 Å². The molecule has 0 radical (unpaired) electrons. The van der Waals surface area contributed by atoms with Crippen molar-refractivity contribution in [1.82, 2.24) is 4.90 Å². The SMILES string of the molecule is CCO[C@H]1OC(C(=O)N2CCOCCOCCOCCOCC2)=C[C@@H](c2ccsc2)[C@H]1CCOCCOCCO. The Morgan fingerprint density at radius 1 is 0.950 bits per heavy atom. The fourth-order valence-electron chi connectivity index (χ4n) is 4.46. The highest BCUT2D eigenvalue weighted by atomic mass is 32.1. The van der Waals surface area contributed by atoms with Crippen LogP contribution in [0.15, 0.2) is 28.7 Å². The van der Waals surface area contributed by atoms with Crippen molar-refractivity contribution in [3.05, 3.63) is 34.2 Å². The monoisotopic (exact) mass is 587 g/mol. The van der Waals surface area contributed by atoms with E-state index in [4.69, 9.17) is 43.0 Å². The van der Waals surface area contributed by atoms with E-state index in [0.29, 0.717) is 105 Å². The van der Waals surface area contributed by atoms with Gasteiger partial charge in [-0.3, -0.25) is 4.79 Å². The molecule has 0 saturated carbocycles. The summed E-state index contributed by atoms with van der Waals surface area (Å²) in [6.45, 7) is 8.43. The second-order valence-corrected chi connectivity index (χ2v) is 9.98. The number of carbonyl (C=O) groups excluding carboxylic acids is 1. The predicted octanol–water partition coefficient (Wildman–Crippen LogP) is 2.05. The zero-order valence-electron chi connectivity index (χ0n) is 23.5. The first-order valence-electron chi connectivity index (χ1n) is 14.1. The molecule has 3 atom stereocenters. The van der Waals surface area contributed by atoms with Crippen LogP contribution in [-0.2, 0) is 42.7 Å². The molecule has 1 fully saturated rings. The molecule has 0 spiro atoms. The smallest absolute Gasteiger partial charge is 0.288 e. The van der Waals surface area contributed by atoms with Crippen LogP contribution in [-0.4, -0.2) is 128 Å². The van der Waals surface area contributed by atoms with Gasteiger partial charge in [0.15, 0.2) is 5.76 Å². The van der Waals surface area contributed by atoms with E-state index in [2.05, 4.69) is 11.4 Å². The number of amides is 1. The minimum absolute atomic E-state index is 0.00738. The molecule has 11 nitrogen and oxygen atoms in total. The van der Waals surface area contributed by atoms with Crippen LogP contribution in [0.25, 0.3) is 0 Å². The minimum atomic E-state index is -0.599. The Bertz CT molecular complexity index is 808. The topological polar surface area (TPSA) is 114 Å². The van der Waals surface area contributed by atoms with Gasteiger partial charge in [-0.1, -0.05) is 0 Å². The highest BCUT2D eigenvalue weighted by Gasteiger charge is 2.39. The number of hydrogen-bond donors (Lipinski definition) is 1. The number of rotatable bonds is 12. The molecule has 0 unspecified atom stereocenters. The van der Waals surface area contributed by atoms with Crippen LogP contribution in [0.1, 0.15) is 24.8 Å². The molecular formula is C28H45NO10S. The van der Waals surface area contributed by atoms with Gasteiger partial charge >= 0.3 is 0 Å². The summed E-state index contributed by atoms with van der Waals surface area (Å²) in [5.41, 5.74) is 1.11. The first-order chi connectivity index (χ1) is 19.7. The number of hydrogen-bond acceptors (Lipinski definition) is 11. The Labute approximate surface area is 241 Å². The van der Waals surface area contributed by atoms with E-state index < -0.39 is 6.29 Å². The van der Waals surface area contributed by atoms with Crippen molar-refractivity contribution >= 4 is 17.2 Å². The molecule has 2 aliphatic heterocycles. The third kappa shape index (κ3) is 11.7. The summed E-state index contributed by atoms with van der Waals surface area (Å²) in [5, 5.41) is 13.0. The molecule has 1 saturated heterocycles. The van der Waals surface area contributed by atoms with E-state index in [1.807, 2.05) is 18.4 Å². The van der Waals surface area contributed by atoms with Crippen LogP contribution in [0, 0.1) is 5.92 Å². The summed E-state index contributed by atoms with van der Waals surface area (Å²) in [6, 6.07) is 2.08. The Morgan fingerprint density at radius 3 is 2.15 bits per heavy atom. The molecule has 1 aromatic rings. The molecule has 1 amide bonds. The number of nitrogens with zero attached hydrogens (tertiary/aromatic N) is 1. The maximum atomic E-state index is 13.8. The third-order valence-corrected chi connectivity index (χ3v) is 7.17. The zero-order chi connectivity index (χ0) is 28.3. The van der Waals surface area contributed by atoms with E-state index in [0.717, 1.165) is 5.56 Å². The first-order valence-corrected chi connectivity index (χ1v) is 15.1. The van der Waals surface area contributed by atoms with Gasteiger partial charge in [-0.15, -0.1) is 0 Å². The molecule has 228 valence electrons. The van der Waals surface area contributed by atoms with Crippen molar-refractivity contribution < 1.29 is 47.8 Å². The van der Waals surface area contributed by atoms with E-state index in [-0.39, 0.29) is 30.1 Å². The van der Waals surface area contributed by atoms with Crippen LogP contribution in [0.4, 0.5) is 0 Å². The van der Waals surface area contributed by atoms with Gasteiger partial charge in [-0.25, -0.2) is 0 Å². The lowest BCUT2D eigenvalue weighted by molar-refractivity contribution is -0.172. The molecule has 1 N–H and O–H groups in total. The number of aliphatic hydroxyl groups excluding tert-OH is 1. The van der Waals surface area contributed by atoms with Gasteiger partial charge in [0.25, 0.3) is 5.91 Å². The highest BCUT2D eigenvalue weighted by Crippen LogP contribution is 2.39. The average molecular weight is 588 g/mol. The molecule has 1 aromatic heterocycles. The number of carbonyl (C=O) groups is 1. The maximum Gasteiger partial charge on any atom is 0.288 e. The Morgan fingerprint density at radius 2 is 1.57 bits per heavy atom. The van der Waals surface area contributed by atoms with Crippen LogP contribution in [0.3, 0.4) is 0 Å². The molecule has 3 rings (SSSR count). The molecule has 0 aliphatic carbocycles. The fraction of sp³-hybridized carbons (Fsp3) is 0.750. The molecule has 40 heavy (non-hydrogen) atoms. The van der Waals surface area contributed by atoms with Gasteiger partial charge in [0.2, 0.25) is 6.29 Å². The van der Waals surface area contributed by atoms with Crippen LogP contribution in [0.2, 0.25) is 0 Å². The van der Waals surface area contributed by atoms with Crippen LogP contribution >= 0.6 is 11.3 Å². The van der Waals surface area contributed by atoms with E-state index >= 15 is 0 Å². The lowest BCUT2D eigenvalue weighted by atomic mass is 9.82. The molecular weight excluding hydrogens is 542 g/mol. The number of ether oxygens (including phenoxy) is 8. The van der Waals surface area contributed by atoms with E-state index in [1.54, 1.807) is 16.2 Å². The van der Waals surface area contributed by atoms with Crippen LogP contribution < -0.4 is 0 Å². The third-order valence-electron chi connectivity index (χ3n) is 6.47. The minimum Gasteiger partial charge on any atom is -0.459 e. The van der Waals surface area contributed by atoms with E-state index in [1.165, 1.54) is 0 Å². The molecule has 2 aliphatic rings. The summed E-state index contributed by atoms with van der Waals surface area (Å²) in [4.78, 5) is 15.5. The average Bonchev–Trinajstić information content (AvgIpc) is 3.50. The summed E-state index contributed by atoms with van der Waals surface area (Å²) >= 11 is 1.62. The highest BCUT2D eigenvalue weighted by molar-refractivity contribution is 7.08. The standard InChI is InChI=1S/C28H45NO10S/c1-2-38-28-24(3-8-32-12-15-35-11-7-30)25(23-4-20-40-22-23)21-26(39-28)27(31)29-5-9-33-13-16-36-18-19-37-17-14-34-10-6-29/h4,20-22,24-25,28,30H,2-3,5-19H2,1H3/t24-,25+,28+/m1/s1. The second-order valence-electron chi connectivity index (χ2n) is 9.20. The lowest BCUT2D eigenvalue weighted by Crippen LogP contribution is -2.43. The van der Waals surface area contributed by atoms with Crippen LogP contribution in [0.5, 0.6) is 0 Å². The Hall–Kier alpha value is -1.61. The van der Waals surface area contributed by atoms with E-state index in [9.17, 15) is 4.79 Å². The van der Waals surface area contributed by atoms with Crippen molar-refractivity contribution in [2.24, 2.45) is 5.92 Å². The summed E-state index contributed by atoms with van der Waals surface area (Å²) in [7, 11) is 0. The van der Waals surface area contributed by atoms with Gasteiger partial charge in [0.1, 0.15) is 0 Å². The van der Waals surface area contributed by atoms with Gasteiger partial charge in [-0.2, -0.15) is 11.3 Å². The Balaban J connectivity index is 1.69. The first kappa shape index (κ1) is 32.9. The van der Waals surface area contributed by atoms with Crippen molar-refractivity contribution in [2.75, 3.05) is 106 Å². The second kappa shape index (κ2) is 20.3. The van der Waals surface area contributed by atoms with Crippen molar-refractivity contribution in [3.63, 3.8) is 0 Å². The van der Waals surface area contributed by atoms with Crippen molar-refractivity contribution in [3.8, 4) is 0 Å². The summed E-state index contributed by atoms with van der Waals surface area (Å²) in [6.07, 6.45) is 2.00. The molecule has 0 bridgehead atoms. The number of aliphatic hydroxyl groups is 1. The Kier molecular flexibility index (Phi) is 16.7. The zero-order valence-corrected chi connectivity index (χ0v) is 24.4. The van der Waals surface area contributed by atoms with Gasteiger partial charge in [0, 0.05) is 38.1 Å².